The number of fused-ring (bicyclic) bond motifs is 1. The molecule has 1 heterocycles. The summed E-state index contributed by atoms with van der Waals surface area (Å²) in [5.74, 6) is -1.52. The molecule has 0 bridgehead atoms. The Morgan fingerprint density at radius 2 is 1.88 bits per heavy atom. The Morgan fingerprint density at radius 3 is 2.44 bits per heavy atom. The van der Waals surface area contributed by atoms with Crippen LogP contribution in [0.2, 0.25) is 0 Å². The zero-order valence-electron chi connectivity index (χ0n) is 15.4. The van der Waals surface area contributed by atoms with E-state index in [0.29, 0.717) is 6.54 Å². The predicted molar refractivity (Wildman–Crippen MR) is 95.6 cm³/mol. The SMILES string of the molecule is CC(C)C(NC(=O)OC(C)(C)C)(C(=O)O)N1C=Cc2ccccc2C1. The Kier molecular flexibility index (Phi) is 5.11. The van der Waals surface area contributed by atoms with Gasteiger partial charge in [0, 0.05) is 18.7 Å². The van der Waals surface area contributed by atoms with Crippen molar-refractivity contribution in [3.63, 3.8) is 0 Å². The number of amides is 1. The van der Waals surface area contributed by atoms with Crippen molar-refractivity contribution in [2.45, 2.75) is 52.4 Å². The van der Waals surface area contributed by atoms with Gasteiger partial charge in [0.15, 0.2) is 0 Å². The summed E-state index contributed by atoms with van der Waals surface area (Å²) in [6.07, 6.45) is 2.82. The number of ether oxygens (including phenoxy) is 1. The zero-order valence-corrected chi connectivity index (χ0v) is 15.4. The number of rotatable bonds is 4. The van der Waals surface area contributed by atoms with Crippen LogP contribution in [0.15, 0.2) is 30.5 Å². The highest BCUT2D eigenvalue weighted by atomic mass is 16.6. The number of nitrogens with zero attached hydrogens (tertiary/aromatic N) is 1. The van der Waals surface area contributed by atoms with Gasteiger partial charge in [0.25, 0.3) is 0 Å². The first kappa shape index (κ1) is 18.8. The molecule has 0 spiro atoms. The smallest absolute Gasteiger partial charge is 0.409 e. The second-order valence-corrected chi connectivity index (χ2v) is 7.50. The third-order valence-corrected chi connectivity index (χ3v) is 4.14. The van der Waals surface area contributed by atoms with Crippen LogP contribution in [-0.2, 0) is 16.1 Å². The van der Waals surface area contributed by atoms with E-state index in [0.717, 1.165) is 11.1 Å². The van der Waals surface area contributed by atoms with E-state index in [9.17, 15) is 14.7 Å². The van der Waals surface area contributed by atoms with E-state index in [2.05, 4.69) is 5.32 Å². The summed E-state index contributed by atoms with van der Waals surface area (Å²) in [6, 6.07) is 7.77. The molecular weight excluding hydrogens is 320 g/mol. The molecule has 25 heavy (non-hydrogen) atoms. The highest BCUT2D eigenvalue weighted by molar-refractivity contribution is 5.85. The highest BCUT2D eigenvalue weighted by Crippen LogP contribution is 2.30. The lowest BCUT2D eigenvalue weighted by Crippen LogP contribution is -2.67. The third kappa shape index (κ3) is 3.95. The number of benzene rings is 1. The van der Waals surface area contributed by atoms with E-state index in [4.69, 9.17) is 4.74 Å². The van der Waals surface area contributed by atoms with E-state index in [1.807, 2.05) is 30.3 Å². The first-order chi connectivity index (χ1) is 11.6. The Labute approximate surface area is 148 Å². The number of hydrogen-bond donors (Lipinski definition) is 2. The Bertz CT molecular complexity index is 691. The van der Waals surface area contributed by atoms with E-state index in [1.165, 1.54) is 0 Å². The average Bonchev–Trinajstić information content (AvgIpc) is 2.49. The fourth-order valence-electron chi connectivity index (χ4n) is 2.92. The molecule has 0 radical (unpaired) electrons. The lowest BCUT2D eigenvalue weighted by atomic mass is 9.91. The van der Waals surface area contributed by atoms with Gasteiger partial charge < -0.3 is 14.7 Å². The average molecular weight is 346 g/mol. The van der Waals surface area contributed by atoms with Crippen molar-refractivity contribution in [2.75, 3.05) is 0 Å². The van der Waals surface area contributed by atoms with Gasteiger partial charge in [-0.15, -0.1) is 0 Å². The maximum Gasteiger partial charge on any atom is 0.409 e. The van der Waals surface area contributed by atoms with Crippen molar-refractivity contribution in [2.24, 2.45) is 5.92 Å². The van der Waals surface area contributed by atoms with Gasteiger partial charge in [-0.2, -0.15) is 0 Å². The molecule has 1 aromatic carbocycles. The minimum Gasteiger partial charge on any atom is -0.478 e. The van der Waals surface area contributed by atoms with Crippen LogP contribution in [0.5, 0.6) is 0 Å². The number of carboxylic acid groups (broad SMARTS) is 1. The molecule has 136 valence electrons. The molecule has 1 unspecified atom stereocenters. The molecule has 2 rings (SSSR count). The Balaban J connectivity index is 2.37. The number of aliphatic carboxylic acids is 1. The Hall–Kier alpha value is -2.50. The van der Waals surface area contributed by atoms with Crippen molar-refractivity contribution >= 4 is 18.1 Å². The summed E-state index contributed by atoms with van der Waals surface area (Å²) in [7, 11) is 0. The summed E-state index contributed by atoms with van der Waals surface area (Å²) in [6.45, 7) is 9.12. The molecule has 1 aromatic rings. The van der Waals surface area contributed by atoms with Crippen LogP contribution in [-0.4, -0.2) is 33.3 Å². The molecule has 6 heteroatoms. The van der Waals surface area contributed by atoms with Crippen LogP contribution in [0.4, 0.5) is 4.79 Å². The summed E-state index contributed by atoms with van der Waals surface area (Å²) in [5, 5.41) is 12.6. The summed E-state index contributed by atoms with van der Waals surface area (Å²) < 4.78 is 5.29. The van der Waals surface area contributed by atoms with Crippen LogP contribution in [0.25, 0.3) is 6.08 Å². The first-order valence-electron chi connectivity index (χ1n) is 8.33. The molecule has 0 saturated carbocycles. The lowest BCUT2D eigenvalue weighted by molar-refractivity contribution is -0.156. The number of alkyl carbamates (subject to hydrolysis) is 1. The van der Waals surface area contributed by atoms with Crippen molar-refractivity contribution in [3.8, 4) is 0 Å². The standard InChI is InChI=1S/C19H26N2O4/c1-13(2)19(16(22)23,20-17(24)25-18(3,4)5)21-11-10-14-8-6-7-9-15(14)12-21/h6-11,13H,12H2,1-5H3,(H,20,24)(H,22,23). The second kappa shape index (κ2) is 6.78. The van der Waals surface area contributed by atoms with Crippen LogP contribution in [0, 0.1) is 5.92 Å². The molecule has 0 saturated heterocycles. The topological polar surface area (TPSA) is 78.9 Å². The molecule has 1 aliphatic heterocycles. The van der Waals surface area contributed by atoms with Crippen LogP contribution in [0.1, 0.15) is 45.7 Å². The number of nitrogens with one attached hydrogen (secondary N) is 1. The summed E-state index contributed by atoms with van der Waals surface area (Å²) in [5.41, 5.74) is -0.275. The fourth-order valence-corrected chi connectivity index (χ4v) is 2.92. The quantitative estimate of drug-likeness (QED) is 0.873. The lowest BCUT2D eigenvalue weighted by Gasteiger charge is -2.44. The monoisotopic (exact) mass is 346 g/mol. The molecule has 6 nitrogen and oxygen atoms in total. The Morgan fingerprint density at radius 1 is 1.24 bits per heavy atom. The number of carbonyl (C=O) groups is 2. The molecule has 1 atom stereocenters. The van der Waals surface area contributed by atoms with Crippen molar-refractivity contribution in [3.05, 3.63) is 41.6 Å². The third-order valence-electron chi connectivity index (χ3n) is 4.14. The highest BCUT2D eigenvalue weighted by Gasteiger charge is 2.49. The van der Waals surface area contributed by atoms with Crippen molar-refractivity contribution in [1.29, 1.82) is 0 Å². The first-order valence-corrected chi connectivity index (χ1v) is 8.33. The van der Waals surface area contributed by atoms with Gasteiger partial charge in [0.2, 0.25) is 5.66 Å². The van der Waals surface area contributed by atoms with Crippen LogP contribution >= 0.6 is 0 Å². The normalized spacial score (nSPS) is 16.2. The van der Waals surface area contributed by atoms with E-state index < -0.39 is 29.2 Å². The van der Waals surface area contributed by atoms with Crippen LogP contribution in [0.3, 0.4) is 0 Å². The predicted octanol–water partition coefficient (Wildman–Crippen LogP) is 3.43. The minimum absolute atomic E-state index is 0.382. The van der Waals surface area contributed by atoms with E-state index in [-0.39, 0.29) is 0 Å². The maximum absolute atomic E-state index is 12.3. The summed E-state index contributed by atoms with van der Waals surface area (Å²) in [4.78, 5) is 26.2. The van der Waals surface area contributed by atoms with Gasteiger partial charge in [0.1, 0.15) is 5.60 Å². The number of carbonyl (C=O) groups excluding carboxylic acids is 1. The van der Waals surface area contributed by atoms with Gasteiger partial charge in [0.05, 0.1) is 0 Å². The van der Waals surface area contributed by atoms with Crippen molar-refractivity contribution in [1.82, 2.24) is 10.2 Å². The minimum atomic E-state index is -1.60. The molecule has 1 aliphatic rings. The van der Waals surface area contributed by atoms with Gasteiger partial charge in [-0.25, -0.2) is 9.59 Å². The van der Waals surface area contributed by atoms with Gasteiger partial charge >= 0.3 is 12.1 Å². The molecule has 0 aromatic heterocycles. The fraction of sp³-hybridized carbons (Fsp3) is 0.474. The second-order valence-electron chi connectivity index (χ2n) is 7.50. The molecule has 1 amide bonds. The molecule has 2 N–H and O–H groups in total. The molecule has 0 fully saturated rings. The van der Waals surface area contributed by atoms with E-state index in [1.54, 1.807) is 45.7 Å². The molecule has 0 aliphatic carbocycles. The summed E-state index contributed by atoms with van der Waals surface area (Å²) >= 11 is 0. The molecular formula is C19H26N2O4. The van der Waals surface area contributed by atoms with Crippen LogP contribution < -0.4 is 5.32 Å². The maximum atomic E-state index is 12.3. The van der Waals surface area contributed by atoms with Gasteiger partial charge in [-0.05, 0) is 38.0 Å². The van der Waals surface area contributed by atoms with Gasteiger partial charge in [-0.3, -0.25) is 5.32 Å². The number of carboxylic acids is 1. The number of hydrogen-bond acceptors (Lipinski definition) is 4. The largest absolute Gasteiger partial charge is 0.478 e. The van der Waals surface area contributed by atoms with Crippen molar-refractivity contribution < 1.29 is 19.4 Å². The zero-order chi connectivity index (χ0) is 18.8. The van der Waals surface area contributed by atoms with Gasteiger partial charge in [-0.1, -0.05) is 38.1 Å². The van der Waals surface area contributed by atoms with E-state index >= 15 is 0 Å².